The van der Waals surface area contributed by atoms with Gasteiger partial charge < -0.3 is 0 Å². The summed E-state index contributed by atoms with van der Waals surface area (Å²) in [6.45, 7) is 0. The van der Waals surface area contributed by atoms with Gasteiger partial charge in [0.25, 0.3) is 0 Å². The minimum absolute atomic E-state index is 0. The smallest absolute Gasteiger partial charge is 0 e. The molecule has 12 heavy (non-hydrogen) atoms. The van der Waals surface area contributed by atoms with E-state index in [9.17, 15) is 0 Å². The average molecular weight is 175 g/mol. The molecule has 0 bridgehead atoms. The summed E-state index contributed by atoms with van der Waals surface area (Å²) in [5, 5.41) is 1.61. The molecule has 0 saturated carbocycles. The highest BCUT2D eigenvalue weighted by Gasteiger charge is 2.14. The molecule has 1 aliphatic heterocycles. The summed E-state index contributed by atoms with van der Waals surface area (Å²) in [5.74, 6) is 0. The molecule has 1 heterocycles. The van der Waals surface area contributed by atoms with E-state index in [0.717, 1.165) is 0 Å². The summed E-state index contributed by atoms with van der Waals surface area (Å²) in [7, 11) is 0.260. The Kier molecular flexibility index (Phi) is 3.81. The monoisotopic (exact) mass is 175 g/mol. The van der Waals surface area contributed by atoms with Crippen LogP contribution in [0.2, 0.25) is 0 Å². The Morgan fingerprint density at radius 2 is 1.50 bits per heavy atom. The minimum atomic E-state index is 0. The van der Waals surface area contributed by atoms with Crippen LogP contribution in [0.3, 0.4) is 0 Å². The Labute approximate surface area is 77.7 Å². The first-order valence-electron chi connectivity index (χ1n) is 4.27. The molecule has 0 aliphatic carbocycles. The van der Waals surface area contributed by atoms with Crippen LogP contribution in [0.25, 0.3) is 0 Å². The van der Waals surface area contributed by atoms with E-state index in [0.29, 0.717) is 0 Å². The highest BCUT2D eigenvalue weighted by Crippen LogP contribution is 2.41. The molecule has 0 atom stereocenters. The van der Waals surface area contributed by atoms with Crippen molar-refractivity contribution < 1.29 is 0 Å². The second kappa shape index (κ2) is 4.67. The first kappa shape index (κ1) is 9.80. The molecule has 1 aromatic carbocycles. The maximum absolute atomic E-state index is 2.29. The fourth-order valence-electron chi connectivity index (χ4n) is 1.61. The second-order valence-corrected chi connectivity index (χ2v) is 5.52. The average Bonchev–Trinajstić information content (AvgIpc) is 2.58. The second-order valence-electron chi connectivity index (χ2n) is 3.03. The standard InChI is InChI=1S/C10H13P.B/c1-2-6-10(7-3-1)11-8-4-5-9-11;/h1-3,6-7H,4-5,8-9H2;. The summed E-state index contributed by atoms with van der Waals surface area (Å²) < 4.78 is 0. The first-order valence-corrected chi connectivity index (χ1v) is 5.98. The number of hydrogen-bond acceptors (Lipinski definition) is 0. The number of rotatable bonds is 1. The highest BCUT2D eigenvalue weighted by molar-refractivity contribution is 7.65. The third-order valence-electron chi connectivity index (χ3n) is 2.23. The number of benzene rings is 1. The van der Waals surface area contributed by atoms with Crippen LogP contribution < -0.4 is 5.30 Å². The van der Waals surface area contributed by atoms with E-state index >= 15 is 0 Å². The van der Waals surface area contributed by atoms with Crippen LogP contribution in [0.4, 0.5) is 0 Å². The maximum Gasteiger partial charge on any atom is 0 e. The van der Waals surface area contributed by atoms with E-state index in [4.69, 9.17) is 0 Å². The van der Waals surface area contributed by atoms with Crippen LogP contribution in [0.1, 0.15) is 12.8 Å². The Hall–Kier alpha value is -0.285. The van der Waals surface area contributed by atoms with Crippen molar-refractivity contribution in [3.63, 3.8) is 0 Å². The molecule has 0 N–H and O–H groups in total. The lowest BCUT2D eigenvalue weighted by atomic mass is 10.4. The van der Waals surface area contributed by atoms with Gasteiger partial charge >= 0.3 is 0 Å². The SMILES string of the molecule is [B].c1ccc(P2CCCC2)cc1. The number of hydrogen-bond donors (Lipinski definition) is 0. The minimum Gasteiger partial charge on any atom is -0.0753 e. The third kappa shape index (κ3) is 2.11. The van der Waals surface area contributed by atoms with Gasteiger partial charge in [-0.3, -0.25) is 0 Å². The molecule has 0 amide bonds. The van der Waals surface area contributed by atoms with Crippen LogP contribution in [-0.4, -0.2) is 20.7 Å². The fraction of sp³-hybridized carbons (Fsp3) is 0.400. The van der Waals surface area contributed by atoms with Gasteiger partial charge in [-0.15, -0.1) is 0 Å². The molecule has 2 heteroatoms. The molecule has 2 rings (SSSR count). The normalized spacial score (nSPS) is 17.3. The van der Waals surface area contributed by atoms with E-state index in [1.807, 2.05) is 0 Å². The van der Waals surface area contributed by atoms with Gasteiger partial charge in [0.1, 0.15) is 0 Å². The van der Waals surface area contributed by atoms with Gasteiger partial charge in [0.05, 0.1) is 0 Å². The van der Waals surface area contributed by atoms with Crippen LogP contribution in [0, 0.1) is 0 Å². The van der Waals surface area contributed by atoms with E-state index in [1.54, 1.807) is 5.30 Å². The van der Waals surface area contributed by atoms with Crippen molar-refractivity contribution in [2.75, 3.05) is 12.3 Å². The Morgan fingerprint density at radius 1 is 0.917 bits per heavy atom. The summed E-state index contributed by atoms with van der Waals surface area (Å²) >= 11 is 0. The van der Waals surface area contributed by atoms with Gasteiger partial charge in [-0.2, -0.15) is 0 Å². The molecule has 61 valence electrons. The van der Waals surface area contributed by atoms with Crippen LogP contribution in [0.15, 0.2) is 30.3 Å². The Morgan fingerprint density at radius 3 is 2.08 bits per heavy atom. The van der Waals surface area contributed by atoms with Crippen molar-refractivity contribution in [2.45, 2.75) is 12.8 Å². The first-order chi connectivity index (χ1) is 5.47. The summed E-state index contributed by atoms with van der Waals surface area (Å²) in [5.41, 5.74) is 0. The Balaban J connectivity index is 0.000000720. The van der Waals surface area contributed by atoms with E-state index in [-0.39, 0.29) is 16.3 Å². The van der Waals surface area contributed by atoms with Gasteiger partial charge in [0, 0.05) is 8.41 Å². The summed E-state index contributed by atoms with van der Waals surface area (Å²) in [4.78, 5) is 0. The van der Waals surface area contributed by atoms with Crippen molar-refractivity contribution in [2.24, 2.45) is 0 Å². The molecule has 1 aliphatic rings. The van der Waals surface area contributed by atoms with Crippen LogP contribution in [0.5, 0.6) is 0 Å². The van der Waals surface area contributed by atoms with Crippen molar-refractivity contribution in [3.8, 4) is 0 Å². The van der Waals surface area contributed by atoms with Crippen molar-refractivity contribution in [1.82, 2.24) is 0 Å². The van der Waals surface area contributed by atoms with Gasteiger partial charge in [0.15, 0.2) is 0 Å². The quantitative estimate of drug-likeness (QED) is 0.453. The fourth-order valence-corrected chi connectivity index (χ4v) is 4.16. The molecule has 1 saturated heterocycles. The molecule has 0 spiro atoms. The predicted octanol–water partition coefficient (Wildman–Crippen LogP) is 2.21. The molecule has 0 nitrogen and oxygen atoms in total. The molecular weight excluding hydrogens is 162 g/mol. The molecule has 3 radical (unpaired) electrons. The predicted molar refractivity (Wildman–Crippen MR) is 57.7 cm³/mol. The lowest BCUT2D eigenvalue weighted by Gasteiger charge is -2.08. The van der Waals surface area contributed by atoms with Gasteiger partial charge in [-0.1, -0.05) is 38.3 Å². The van der Waals surface area contributed by atoms with Gasteiger partial charge in [-0.05, 0) is 30.5 Å². The van der Waals surface area contributed by atoms with Crippen LogP contribution >= 0.6 is 7.92 Å². The lowest BCUT2D eigenvalue weighted by molar-refractivity contribution is 0.949. The highest BCUT2D eigenvalue weighted by atomic mass is 31.1. The van der Waals surface area contributed by atoms with E-state index < -0.39 is 0 Å². The third-order valence-corrected chi connectivity index (χ3v) is 4.97. The van der Waals surface area contributed by atoms with Crippen molar-refractivity contribution >= 4 is 21.6 Å². The van der Waals surface area contributed by atoms with Gasteiger partial charge in [-0.25, -0.2) is 0 Å². The van der Waals surface area contributed by atoms with Crippen molar-refractivity contribution in [3.05, 3.63) is 30.3 Å². The molecular formula is C10H13BP. The molecule has 0 unspecified atom stereocenters. The summed E-state index contributed by atoms with van der Waals surface area (Å²) in [6, 6.07) is 11.0. The Bertz CT molecular complexity index is 217. The topological polar surface area (TPSA) is 0 Å². The maximum atomic E-state index is 2.29. The van der Waals surface area contributed by atoms with Crippen LogP contribution in [-0.2, 0) is 0 Å². The molecule has 1 fully saturated rings. The lowest BCUT2D eigenvalue weighted by Crippen LogP contribution is -1.99. The zero-order valence-electron chi connectivity index (χ0n) is 7.24. The zero-order valence-corrected chi connectivity index (χ0v) is 8.13. The van der Waals surface area contributed by atoms with E-state index in [1.165, 1.54) is 25.2 Å². The van der Waals surface area contributed by atoms with E-state index in [2.05, 4.69) is 30.3 Å². The molecule has 0 aromatic heterocycles. The largest absolute Gasteiger partial charge is 0.0753 e. The van der Waals surface area contributed by atoms with Gasteiger partial charge in [0.2, 0.25) is 0 Å². The van der Waals surface area contributed by atoms with Crippen molar-refractivity contribution in [1.29, 1.82) is 0 Å². The molecule has 1 aromatic rings. The summed E-state index contributed by atoms with van der Waals surface area (Å²) in [6.07, 6.45) is 5.86. The zero-order chi connectivity index (χ0) is 7.52.